The van der Waals surface area contributed by atoms with E-state index in [0.717, 1.165) is 57.4 Å². The summed E-state index contributed by atoms with van der Waals surface area (Å²) in [5, 5.41) is 7.33. The Hall–Kier alpha value is -2.89. The Bertz CT molecular complexity index is 987. The molecule has 162 valence electrons. The van der Waals surface area contributed by atoms with Crippen LogP contribution in [0.5, 0.6) is 0 Å². The molecule has 6 nitrogen and oxygen atoms in total. The second-order valence-corrected chi connectivity index (χ2v) is 9.07. The van der Waals surface area contributed by atoms with Crippen molar-refractivity contribution in [2.45, 2.75) is 51.0 Å². The van der Waals surface area contributed by atoms with Crippen LogP contribution in [-0.4, -0.2) is 51.4 Å². The van der Waals surface area contributed by atoms with Crippen molar-refractivity contribution in [3.05, 3.63) is 65.0 Å². The molecular formula is C25H30N4O2. The summed E-state index contributed by atoms with van der Waals surface area (Å²) in [6.07, 6.45) is 11.5. The van der Waals surface area contributed by atoms with Gasteiger partial charge in [0.2, 0.25) is 5.91 Å². The van der Waals surface area contributed by atoms with E-state index >= 15 is 0 Å². The SMILES string of the molecule is O=C(C[C@H]1C=CCC1)N1CCC(c2[nH]ncc2C(=O)N2CCc3ccccc3C2)CC1. The third kappa shape index (κ3) is 4.16. The van der Waals surface area contributed by atoms with Crippen molar-refractivity contribution in [2.24, 2.45) is 5.92 Å². The predicted molar refractivity (Wildman–Crippen MR) is 119 cm³/mol. The fourth-order valence-electron chi connectivity index (χ4n) is 5.25. The highest BCUT2D eigenvalue weighted by molar-refractivity contribution is 5.95. The second kappa shape index (κ2) is 8.69. The Kier molecular flexibility index (Phi) is 5.62. The zero-order valence-corrected chi connectivity index (χ0v) is 17.9. The van der Waals surface area contributed by atoms with Crippen LogP contribution in [-0.2, 0) is 17.8 Å². The molecule has 2 aliphatic heterocycles. The fraction of sp³-hybridized carbons (Fsp3) is 0.480. The minimum absolute atomic E-state index is 0.0600. The van der Waals surface area contributed by atoms with Gasteiger partial charge in [0.05, 0.1) is 17.5 Å². The van der Waals surface area contributed by atoms with E-state index in [0.29, 0.717) is 24.4 Å². The number of benzene rings is 1. The van der Waals surface area contributed by atoms with Gasteiger partial charge in [0, 0.05) is 38.5 Å². The number of nitrogens with one attached hydrogen (secondary N) is 1. The van der Waals surface area contributed by atoms with Crippen molar-refractivity contribution in [3.63, 3.8) is 0 Å². The summed E-state index contributed by atoms with van der Waals surface area (Å²) < 4.78 is 0. The molecule has 0 bridgehead atoms. The number of rotatable bonds is 4. The van der Waals surface area contributed by atoms with Gasteiger partial charge >= 0.3 is 0 Å². The van der Waals surface area contributed by atoms with Crippen molar-refractivity contribution >= 4 is 11.8 Å². The maximum Gasteiger partial charge on any atom is 0.257 e. The lowest BCUT2D eigenvalue weighted by Crippen LogP contribution is -2.39. The van der Waals surface area contributed by atoms with Crippen LogP contribution in [0.1, 0.15) is 65.2 Å². The van der Waals surface area contributed by atoms with E-state index in [-0.39, 0.29) is 17.7 Å². The molecule has 6 heteroatoms. The molecule has 5 rings (SSSR count). The molecule has 1 atom stereocenters. The van der Waals surface area contributed by atoms with Gasteiger partial charge in [0.1, 0.15) is 0 Å². The normalized spacial score (nSPS) is 21.4. The molecule has 1 saturated heterocycles. The number of carbonyl (C=O) groups is 2. The van der Waals surface area contributed by atoms with Crippen molar-refractivity contribution in [3.8, 4) is 0 Å². The molecule has 2 aromatic rings. The molecule has 0 unspecified atom stereocenters. The fourth-order valence-corrected chi connectivity index (χ4v) is 5.25. The highest BCUT2D eigenvalue weighted by atomic mass is 16.2. The van der Waals surface area contributed by atoms with E-state index in [9.17, 15) is 9.59 Å². The number of amides is 2. The molecule has 0 radical (unpaired) electrons. The van der Waals surface area contributed by atoms with E-state index in [1.54, 1.807) is 6.20 Å². The lowest BCUT2D eigenvalue weighted by molar-refractivity contribution is -0.132. The number of hydrogen-bond acceptors (Lipinski definition) is 3. The molecule has 3 aliphatic rings. The van der Waals surface area contributed by atoms with Gasteiger partial charge in [0.15, 0.2) is 0 Å². The van der Waals surface area contributed by atoms with E-state index in [2.05, 4.69) is 40.5 Å². The molecule has 1 aromatic heterocycles. The number of H-pyrrole nitrogens is 1. The topological polar surface area (TPSA) is 69.3 Å². The van der Waals surface area contributed by atoms with Gasteiger partial charge in [0.25, 0.3) is 5.91 Å². The Labute approximate surface area is 183 Å². The van der Waals surface area contributed by atoms with Crippen LogP contribution in [0, 0.1) is 5.92 Å². The quantitative estimate of drug-likeness (QED) is 0.771. The van der Waals surface area contributed by atoms with E-state index in [1.165, 1.54) is 11.1 Å². The molecule has 1 N–H and O–H groups in total. The number of fused-ring (bicyclic) bond motifs is 1. The molecule has 1 aliphatic carbocycles. The largest absolute Gasteiger partial charge is 0.343 e. The number of aromatic nitrogens is 2. The Morgan fingerprint density at radius 2 is 1.84 bits per heavy atom. The standard InChI is InChI=1S/C25H30N4O2/c30-23(15-18-5-1-2-6-18)28-12-10-20(11-13-28)24-22(16-26-27-24)25(31)29-14-9-19-7-3-4-8-21(19)17-29/h1,3-5,7-8,16,18,20H,2,6,9-15,17H2,(H,26,27)/t18-/m0/s1. The van der Waals surface area contributed by atoms with Gasteiger partial charge in [-0.3, -0.25) is 14.7 Å². The van der Waals surface area contributed by atoms with Gasteiger partial charge < -0.3 is 9.80 Å². The average Bonchev–Trinajstić information content (AvgIpc) is 3.50. The summed E-state index contributed by atoms with van der Waals surface area (Å²) in [7, 11) is 0. The summed E-state index contributed by atoms with van der Waals surface area (Å²) in [6, 6.07) is 8.36. The lowest BCUT2D eigenvalue weighted by atomic mass is 9.90. The minimum Gasteiger partial charge on any atom is -0.343 e. The van der Waals surface area contributed by atoms with Crippen molar-refractivity contribution < 1.29 is 9.59 Å². The molecular weight excluding hydrogens is 388 g/mol. The third-order valence-corrected chi connectivity index (χ3v) is 7.12. The number of carbonyl (C=O) groups excluding carboxylic acids is 2. The van der Waals surface area contributed by atoms with Gasteiger partial charge in [-0.25, -0.2) is 0 Å². The Morgan fingerprint density at radius 1 is 1.03 bits per heavy atom. The number of likely N-dealkylation sites (tertiary alicyclic amines) is 1. The zero-order valence-electron chi connectivity index (χ0n) is 17.9. The molecule has 31 heavy (non-hydrogen) atoms. The van der Waals surface area contributed by atoms with Crippen molar-refractivity contribution in [1.82, 2.24) is 20.0 Å². The van der Waals surface area contributed by atoms with Crippen molar-refractivity contribution in [2.75, 3.05) is 19.6 Å². The van der Waals surface area contributed by atoms with Crippen LogP contribution in [0.25, 0.3) is 0 Å². The number of aromatic amines is 1. The van der Waals surface area contributed by atoms with Crippen LogP contribution in [0.15, 0.2) is 42.6 Å². The Balaban J connectivity index is 1.21. The summed E-state index contributed by atoms with van der Waals surface area (Å²) in [6.45, 7) is 2.90. The number of allylic oxidation sites excluding steroid dienone is 2. The Morgan fingerprint density at radius 3 is 2.61 bits per heavy atom. The maximum atomic E-state index is 13.3. The first-order chi connectivity index (χ1) is 15.2. The monoisotopic (exact) mass is 418 g/mol. The summed E-state index contributed by atoms with van der Waals surface area (Å²) >= 11 is 0. The molecule has 3 heterocycles. The summed E-state index contributed by atoms with van der Waals surface area (Å²) in [5.74, 6) is 0.985. The third-order valence-electron chi connectivity index (χ3n) is 7.12. The number of nitrogens with zero attached hydrogens (tertiary/aromatic N) is 3. The first-order valence-corrected chi connectivity index (χ1v) is 11.5. The first kappa shape index (κ1) is 20.0. The summed E-state index contributed by atoms with van der Waals surface area (Å²) in [5.41, 5.74) is 4.20. The number of piperidine rings is 1. The number of hydrogen-bond donors (Lipinski definition) is 1. The smallest absolute Gasteiger partial charge is 0.257 e. The van der Waals surface area contributed by atoms with Gasteiger partial charge in [-0.05, 0) is 49.1 Å². The lowest BCUT2D eigenvalue weighted by Gasteiger charge is -2.33. The first-order valence-electron chi connectivity index (χ1n) is 11.5. The highest BCUT2D eigenvalue weighted by Crippen LogP contribution is 2.31. The van der Waals surface area contributed by atoms with E-state index in [1.807, 2.05) is 15.9 Å². The highest BCUT2D eigenvalue weighted by Gasteiger charge is 2.31. The molecule has 1 aromatic carbocycles. The van der Waals surface area contributed by atoms with Crippen LogP contribution in [0.4, 0.5) is 0 Å². The molecule has 2 amide bonds. The van der Waals surface area contributed by atoms with Gasteiger partial charge in [-0.1, -0.05) is 36.4 Å². The molecule has 0 saturated carbocycles. The van der Waals surface area contributed by atoms with Crippen LogP contribution >= 0.6 is 0 Å². The second-order valence-electron chi connectivity index (χ2n) is 9.07. The average molecular weight is 419 g/mol. The zero-order chi connectivity index (χ0) is 21.2. The minimum atomic E-state index is 0.0600. The van der Waals surface area contributed by atoms with Gasteiger partial charge in [-0.2, -0.15) is 5.10 Å². The van der Waals surface area contributed by atoms with Gasteiger partial charge in [-0.15, -0.1) is 0 Å². The van der Waals surface area contributed by atoms with Crippen LogP contribution < -0.4 is 0 Å². The maximum absolute atomic E-state index is 13.3. The molecule has 1 fully saturated rings. The van der Waals surface area contributed by atoms with Crippen LogP contribution in [0.2, 0.25) is 0 Å². The van der Waals surface area contributed by atoms with Crippen molar-refractivity contribution in [1.29, 1.82) is 0 Å². The van der Waals surface area contributed by atoms with Crippen LogP contribution in [0.3, 0.4) is 0 Å². The van der Waals surface area contributed by atoms with E-state index < -0.39 is 0 Å². The van der Waals surface area contributed by atoms with E-state index in [4.69, 9.17) is 0 Å². The molecule has 0 spiro atoms. The summed E-state index contributed by atoms with van der Waals surface area (Å²) in [4.78, 5) is 29.9. The predicted octanol–water partition coefficient (Wildman–Crippen LogP) is 3.67.